The molecule has 15 heavy (non-hydrogen) atoms. The average Bonchev–Trinajstić information content (AvgIpc) is 2.08. The van der Waals surface area contributed by atoms with Crippen LogP contribution in [0.2, 0.25) is 0 Å². The van der Waals surface area contributed by atoms with E-state index in [9.17, 15) is 9.00 Å². The second kappa shape index (κ2) is 6.88. The highest BCUT2D eigenvalue weighted by Gasteiger charge is 2.17. The normalized spacial score (nSPS) is 14.4. The molecule has 0 fully saturated rings. The molecule has 0 saturated heterocycles. The van der Waals surface area contributed by atoms with Gasteiger partial charge >= 0.3 is 0 Å². The zero-order valence-corrected chi connectivity index (χ0v) is 10.9. The molecule has 0 aliphatic heterocycles. The van der Waals surface area contributed by atoms with Crippen molar-refractivity contribution in [3.8, 4) is 0 Å². The molecule has 4 heteroatoms. The molecule has 0 aliphatic rings. The molecular formula is C11H21NO2S. The van der Waals surface area contributed by atoms with Gasteiger partial charge in [0.05, 0.1) is 4.75 Å². The summed E-state index contributed by atoms with van der Waals surface area (Å²) in [6, 6.07) is 0. The Bertz CT molecular complexity index is 254. The third-order valence-electron chi connectivity index (χ3n) is 1.81. The molecule has 0 N–H and O–H groups in total. The lowest BCUT2D eigenvalue weighted by molar-refractivity contribution is -0.117. The standard InChI is InChI=1S/C11H21NO2S/c1-10(13)8-6-5-7-9-12-15(14)11(2,3)4/h9H,5-8H2,1-4H3/b12-9+/t15-/m1/s1. The van der Waals surface area contributed by atoms with Gasteiger partial charge in [-0.3, -0.25) is 0 Å². The Morgan fingerprint density at radius 3 is 2.40 bits per heavy atom. The molecule has 0 heterocycles. The van der Waals surface area contributed by atoms with E-state index in [1.807, 2.05) is 20.8 Å². The van der Waals surface area contributed by atoms with E-state index in [-0.39, 0.29) is 10.5 Å². The molecule has 0 aromatic rings. The highest BCUT2D eigenvalue weighted by molar-refractivity contribution is 7.85. The van der Waals surface area contributed by atoms with Crippen molar-refractivity contribution in [3.05, 3.63) is 0 Å². The predicted octanol–water partition coefficient (Wildman–Crippen LogP) is 2.67. The van der Waals surface area contributed by atoms with Crippen molar-refractivity contribution >= 4 is 23.0 Å². The molecular weight excluding hydrogens is 210 g/mol. The summed E-state index contributed by atoms with van der Waals surface area (Å²) in [4.78, 5) is 10.6. The number of unbranched alkanes of at least 4 members (excludes halogenated alkanes) is 2. The molecule has 0 aromatic carbocycles. The molecule has 88 valence electrons. The zero-order valence-electron chi connectivity index (χ0n) is 10.1. The van der Waals surface area contributed by atoms with Gasteiger partial charge in [-0.25, -0.2) is 4.21 Å². The molecule has 3 nitrogen and oxygen atoms in total. The van der Waals surface area contributed by atoms with E-state index < -0.39 is 11.0 Å². The number of carbonyl (C=O) groups excluding carboxylic acids is 1. The van der Waals surface area contributed by atoms with Crippen molar-refractivity contribution in [2.24, 2.45) is 4.40 Å². The van der Waals surface area contributed by atoms with Gasteiger partial charge in [-0.1, -0.05) is 0 Å². The van der Waals surface area contributed by atoms with Crippen molar-refractivity contribution in [1.29, 1.82) is 0 Å². The second-order valence-corrected chi connectivity index (χ2v) is 6.53. The number of Topliss-reactive ketones (excluding diaryl/α,β-unsaturated/α-hetero) is 1. The first-order chi connectivity index (χ1) is 6.84. The SMILES string of the molecule is CC(=O)CCCC/C=N/[S@](=O)C(C)(C)C. The maximum atomic E-state index is 11.5. The van der Waals surface area contributed by atoms with Gasteiger partial charge in [0, 0.05) is 12.6 Å². The number of rotatable bonds is 6. The maximum absolute atomic E-state index is 11.5. The van der Waals surface area contributed by atoms with Gasteiger partial charge in [0.25, 0.3) is 0 Å². The van der Waals surface area contributed by atoms with Crippen LogP contribution in [0.3, 0.4) is 0 Å². The molecule has 1 atom stereocenters. The number of hydrogen-bond acceptors (Lipinski definition) is 2. The van der Waals surface area contributed by atoms with Crippen LogP contribution in [0.15, 0.2) is 4.40 Å². The fourth-order valence-corrected chi connectivity index (χ4v) is 1.45. The van der Waals surface area contributed by atoms with E-state index in [0.29, 0.717) is 6.42 Å². The predicted molar refractivity (Wildman–Crippen MR) is 65.5 cm³/mol. The Morgan fingerprint density at radius 1 is 1.33 bits per heavy atom. The Labute approximate surface area is 95.0 Å². The van der Waals surface area contributed by atoms with Crippen LogP contribution < -0.4 is 0 Å². The van der Waals surface area contributed by atoms with E-state index in [1.54, 1.807) is 13.1 Å². The van der Waals surface area contributed by atoms with Crippen LogP contribution in [-0.4, -0.2) is 21.0 Å². The van der Waals surface area contributed by atoms with E-state index >= 15 is 0 Å². The van der Waals surface area contributed by atoms with Gasteiger partial charge < -0.3 is 4.79 Å². The van der Waals surface area contributed by atoms with Gasteiger partial charge in [0.15, 0.2) is 0 Å². The lowest BCUT2D eigenvalue weighted by Crippen LogP contribution is -2.19. The number of hydrogen-bond donors (Lipinski definition) is 0. The molecule has 0 spiro atoms. The first-order valence-corrected chi connectivity index (χ1v) is 6.38. The topological polar surface area (TPSA) is 46.5 Å². The van der Waals surface area contributed by atoms with Crippen LogP contribution in [0.25, 0.3) is 0 Å². The Kier molecular flexibility index (Phi) is 6.65. The summed E-state index contributed by atoms with van der Waals surface area (Å²) in [5.41, 5.74) is 0. The van der Waals surface area contributed by atoms with Crippen LogP contribution in [0.1, 0.15) is 53.4 Å². The van der Waals surface area contributed by atoms with E-state index in [2.05, 4.69) is 4.40 Å². The highest BCUT2D eigenvalue weighted by atomic mass is 32.2. The second-order valence-electron chi connectivity index (χ2n) is 4.60. The smallest absolute Gasteiger partial charge is 0.144 e. The summed E-state index contributed by atoms with van der Waals surface area (Å²) >= 11 is 0. The average molecular weight is 231 g/mol. The molecule has 0 amide bonds. The quantitative estimate of drug-likeness (QED) is 0.521. The summed E-state index contributed by atoms with van der Waals surface area (Å²) in [6.07, 6.45) is 4.97. The van der Waals surface area contributed by atoms with Crippen molar-refractivity contribution in [3.63, 3.8) is 0 Å². The summed E-state index contributed by atoms with van der Waals surface area (Å²) in [5.74, 6) is 0.227. The summed E-state index contributed by atoms with van der Waals surface area (Å²) in [5, 5.41) is 0. The van der Waals surface area contributed by atoms with Crippen LogP contribution >= 0.6 is 0 Å². The minimum atomic E-state index is -1.15. The fourth-order valence-electron chi connectivity index (χ4n) is 0.888. The largest absolute Gasteiger partial charge is 0.300 e. The molecule has 0 aliphatic carbocycles. The van der Waals surface area contributed by atoms with Crippen LogP contribution in [-0.2, 0) is 15.8 Å². The van der Waals surface area contributed by atoms with Crippen molar-refractivity contribution < 1.29 is 9.00 Å². The zero-order chi connectivity index (χ0) is 11.9. The fraction of sp³-hybridized carbons (Fsp3) is 0.818. The van der Waals surface area contributed by atoms with Gasteiger partial charge in [-0.2, -0.15) is 4.40 Å². The van der Waals surface area contributed by atoms with Crippen LogP contribution in [0.4, 0.5) is 0 Å². The van der Waals surface area contributed by atoms with Crippen molar-refractivity contribution in [2.75, 3.05) is 0 Å². The lowest BCUT2D eigenvalue weighted by Gasteiger charge is -2.12. The molecule has 0 aromatic heterocycles. The third-order valence-corrected chi connectivity index (χ3v) is 3.19. The molecule has 0 unspecified atom stereocenters. The minimum absolute atomic E-state index is 0.227. The first-order valence-electron chi connectivity index (χ1n) is 5.28. The summed E-state index contributed by atoms with van der Waals surface area (Å²) in [7, 11) is -1.15. The molecule has 0 bridgehead atoms. The van der Waals surface area contributed by atoms with Crippen molar-refractivity contribution in [2.45, 2.75) is 58.1 Å². The number of nitrogens with zero attached hydrogens (tertiary/aromatic N) is 1. The van der Waals surface area contributed by atoms with E-state index in [4.69, 9.17) is 0 Å². The van der Waals surface area contributed by atoms with Crippen LogP contribution in [0, 0.1) is 0 Å². The maximum Gasteiger partial charge on any atom is 0.144 e. The monoisotopic (exact) mass is 231 g/mol. The summed E-state index contributed by atoms with van der Waals surface area (Å²) < 4.78 is 15.2. The Morgan fingerprint density at radius 2 is 1.93 bits per heavy atom. The molecule has 0 radical (unpaired) electrons. The number of ketones is 1. The molecule has 0 saturated carbocycles. The minimum Gasteiger partial charge on any atom is -0.300 e. The van der Waals surface area contributed by atoms with E-state index in [1.165, 1.54) is 0 Å². The van der Waals surface area contributed by atoms with E-state index in [0.717, 1.165) is 19.3 Å². The summed E-state index contributed by atoms with van der Waals surface area (Å²) in [6.45, 7) is 7.30. The van der Waals surface area contributed by atoms with Crippen molar-refractivity contribution in [1.82, 2.24) is 0 Å². The Balaban J connectivity index is 3.64. The highest BCUT2D eigenvalue weighted by Crippen LogP contribution is 2.11. The Hall–Kier alpha value is -0.510. The van der Waals surface area contributed by atoms with Crippen LogP contribution in [0.5, 0.6) is 0 Å². The van der Waals surface area contributed by atoms with Gasteiger partial charge in [-0.05, 0) is 47.0 Å². The van der Waals surface area contributed by atoms with Gasteiger partial charge in [0.1, 0.15) is 16.8 Å². The molecule has 0 rings (SSSR count). The van der Waals surface area contributed by atoms with Gasteiger partial charge in [-0.15, -0.1) is 0 Å². The lowest BCUT2D eigenvalue weighted by atomic mass is 10.1. The third kappa shape index (κ3) is 8.48. The number of carbonyl (C=O) groups is 1. The van der Waals surface area contributed by atoms with Gasteiger partial charge in [0.2, 0.25) is 0 Å². The first kappa shape index (κ1) is 14.5.